The third kappa shape index (κ3) is 1.10. The minimum Gasteiger partial charge on any atom is -0.306 e. The van der Waals surface area contributed by atoms with Crippen LogP contribution in [-0.4, -0.2) is 11.2 Å². The van der Waals surface area contributed by atoms with E-state index in [9.17, 15) is 4.39 Å². The van der Waals surface area contributed by atoms with Crippen molar-refractivity contribution in [2.45, 2.75) is 0 Å². The summed E-state index contributed by atoms with van der Waals surface area (Å²) in [4.78, 5) is 3.58. The van der Waals surface area contributed by atoms with Gasteiger partial charge in [0.25, 0.3) is 0 Å². The van der Waals surface area contributed by atoms with Gasteiger partial charge in [0.05, 0.1) is 0 Å². The third-order valence-electron chi connectivity index (χ3n) is 0.924. The maximum atomic E-state index is 12.4. The van der Waals surface area contributed by atoms with Crippen molar-refractivity contribution in [2.24, 2.45) is 0 Å². The third-order valence-corrected chi connectivity index (χ3v) is 0.924. The quantitative estimate of drug-likeness (QED) is 0.561. The summed E-state index contributed by atoms with van der Waals surface area (Å²) in [6, 6.07) is 2.76. The second-order valence-electron chi connectivity index (χ2n) is 1.51. The summed E-state index contributed by atoms with van der Waals surface area (Å²) < 4.78 is 12.4. The first kappa shape index (κ1) is 5.88. The Morgan fingerprint density at radius 2 is 2.44 bits per heavy atom. The number of aromatic nitrogens is 1. The Bertz CT molecular complexity index is 222. The Hall–Kier alpha value is -1.25. The van der Waals surface area contributed by atoms with Gasteiger partial charge >= 0.3 is 0 Å². The summed E-state index contributed by atoms with van der Waals surface area (Å²) in [5.41, 5.74) is 0.0810. The summed E-state index contributed by atoms with van der Waals surface area (Å²) in [7, 11) is 0. The first-order valence-electron chi connectivity index (χ1n) is 2.45. The zero-order valence-electron chi connectivity index (χ0n) is 4.63. The van der Waals surface area contributed by atoms with Crippen LogP contribution in [0.5, 0.6) is 0 Å². The Morgan fingerprint density at radius 3 is 2.89 bits per heavy atom. The van der Waals surface area contributed by atoms with E-state index in [1.807, 2.05) is 0 Å². The molecule has 46 valence electrons. The fourth-order valence-corrected chi connectivity index (χ4v) is 0.504. The highest BCUT2D eigenvalue weighted by molar-refractivity contribution is 5.74. The lowest BCUT2D eigenvalue weighted by atomic mass is 10.3. The van der Waals surface area contributed by atoms with Crippen LogP contribution in [0.3, 0.4) is 0 Å². The molecule has 0 atom stereocenters. The zero-order chi connectivity index (χ0) is 6.69. The van der Waals surface area contributed by atoms with Crippen molar-refractivity contribution in [1.82, 2.24) is 4.98 Å². The molecule has 0 aliphatic heterocycles. The van der Waals surface area contributed by atoms with E-state index in [0.29, 0.717) is 0 Å². The minimum atomic E-state index is -0.451. The van der Waals surface area contributed by atoms with Crippen molar-refractivity contribution in [1.29, 1.82) is 5.41 Å². The van der Waals surface area contributed by atoms with E-state index in [-0.39, 0.29) is 5.69 Å². The van der Waals surface area contributed by atoms with Gasteiger partial charge in [-0.2, -0.15) is 0 Å². The van der Waals surface area contributed by atoms with Crippen molar-refractivity contribution >= 4 is 6.21 Å². The predicted octanol–water partition coefficient (Wildman–Crippen LogP) is 1.22. The molecule has 1 N–H and O–H groups in total. The SMILES string of the molecule is N=Cc1ncccc1F. The molecule has 0 unspecified atom stereocenters. The molecule has 0 aliphatic carbocycles. The standard InChI is InChI=1S/C6H5FN2/c7-5-2-1-3-9-6(5)4-8/h1-4,8H. The lowest BCUT2D eigenvalue weighted by Gasteiger charge is -1.89. The van der Waals surface area contributed by atoms with Crippen LogP contribution in [0.2, 0.25) is 0 Å². The molecule has 0 fully saturated rings. The number of hydrogen-bond acceptors (Lipinski definition) is 2. The molecular weight excluding hydrogens is 119 g/mol. The van der Waals surface area contributed by atoms with Crippen LogP contribution in [0.15, 0.2) is 18.3 Å². The lowest BCUT2D eigenvalue weighted by molar-refractivity contribution is 0.619. The molecule has 0 aromatic carbocycles. The molecule has 3 heteroatoms. The number of nitrogens with one attached hydrogen (secondary N) is 1. The molecule has 0 radical (unpaired) electrons. The van der Waals surface area contributed by atoms with Crippen molar-refractivity contribution < 1.29 is 4.39 Å². The fourth-order valence-electron chi connectivity index (χ4n) is 0.504. The summed E-state index contributed by atoms with van der Waals surface area (Å²) in [5, 5.41) is 6.66. The average Bonchev–Trinajstić information content (AvgIpc) is 1.89. The molecule has 1 rings (SSSR count). The number of rotatable bonds is 1. The molecule has 0 aliphatic rings. The Morgan fingerprint density at radius 1 is 1.67 bits per heavy atom. The van der Waals surface area contributed by atoms with Gasteiger partial charge in [-0.05, 0) is 12.1 Å². The molecule has 0 saturated heterocycles. The highest BCUT2D eigenvalue weighted by Crippen LogP contribution is 1.97. The second kappa shape index (κ2) is 2.35. The molecule has 2 nitrogen and oxygen atoms in total. The van der Waals surface area contributed by atoms with Crippen LogP contribution in [0.4, 0.5) is 4.39 Å². The normalized spacial score (nSPS) is 9.00. The number of hydrogen-bond donors (Lipinski definition) is 1. The van der Waals surface area contributed by atoms with Crippen molar-refractivity contribution in [3.05, 3.63) is 29.8 Å². The van der Waals surface area contributed by atoms with Gasteiger partial charge in [-0.3, -0.25) is 4.98 Å². The van der Waals surface area contributed by atoms with Crippen molar-refractivity contribution in [3.8, 4) is 0 Å². The predicted molar refractivity (Wildman–Crippen MR) is 32.1 cm³/mol. The maximum Gasteiger partial charge on any atom is 0.150 e. The van der Waals surface area contributed by atoms with Crippen LogP contribution in [-0.2, 0) is 0 Å². The molecule has 1 heterocycles. The molecule has 0 amide bonds. The van der Waals surface area contributed by atoms with Crippen LogP contribution in [0, 0.1) is 11.2 Å². The number of halogens is 1. The molecular formula is C6H5FN2. The van der Waals surface area contributed by atoms with E-state index >= 15 is 0 Å². The van der Waals surface area contributed by atoms with Gasteiger partial charge in [0, 0.05) is 12.4 Å². The van der Waals surface area contributed by atoms with Crippen molar-refractivity contribution in [3.63, 3.8) is 0 Å². The van der Waals surface area contributed by atoms with Gasteiger partial charge in [0.2, 0.25) is 0 Å². The van der Waals surface area contributed by atoms with Gasteiger partial charge < -0.3 is 5.41 Å². The molecule has 1 aromatic rings. The highest BCUT2D eigenvalue weighted by atomic mass is 19.1. The Kier molecular flexibility index (Phi) is 1.53. The fraction of sp³-hybridized carbons (Fsp3) is 0. The topological polar surface area (TPSA) is 36.7 Å². The Balaban J connectivity index is 3.15. The minimum absolute atomic E-state index is 0.0810. The monoisotopic (exact) mass is 124 g/mol. The van der Waals surface area contributed by atoms with Gasteiger partial charge in [0.1, 0.15) is 11.5 Å². The smallest absolute Gasteiger partial charge is 0.150 e. The van der Waals surface area contributed by atoms with Crippen LogP contribution in [0.25, 0.3) is 0 Å². The van der Waals surface area contributed by atoms with Crippen LogP contribution >= 0.6 is 0 Å². The zero-order valence-corrected chi connectivity index (χ0v) is 4.63. The van der Waals surface area contributed by atoms with E-state index in [2.05, 4.69) is 4.98 Å². The summed E-state index contributed by atoms with van der Waals surface area (Å²) in [6.45, 7) is 0. The summed E-state index contributed by atoms with van der Waals surface area (Å²) >= 11 is 0. The van der Waals surface area contributed by atoms with Crippen LogP contribution < -0.4 is 0 Å². The van der Waals surface area contributed by atoms with Crippen molar-refractivity contribution in [2.75, 3.05) is 0 Å². The van der Waals surface area contributed by atoms with Gasteiger partial charge in [-0.25, -0.2) is 4.39 Å². The maximum absolute atomic E-state index is 12.4. The van der Waals surface area contributed by atoms with E-state index < -0.39 is 5.82 Å². The van der Waals surface area contributed by atoms with E-state index in [0.717, 1.165) is 6.21 Å². The molecule has 0 bridgehead atoms. The Labute approximate surface area is 51.9 Å². The molecule has 0 saturated carbocycles. The highest BCUT2D eigenvalue weighted by Gasteiger charge is 1.94. The number of nitrogens with zero attached hydrogens (tertiary/aromatic N) is 1. The van der Waals surface area contributed by atoms with E-state index in [1.165, 1.54) is 18.3 Å². The molecule has 9 heavy (non-hydrogen) atoms. The average molecular weight is 124 g/mol. The van der Waals surface area contributed by atoms with Crippen LogP contribution in [0.1, 0.15) is 5.69 Å². The first-order chi connectivity index (χ1) is 4.34. The van der Waals surface area contributed by atoms with E-state index in [1.54, 1.807) is 0 Å². The van der Waals surface area contributed by atoms with Gasteiger partial charge in [-0.1, -0.05) is 0 Å². The van der Waals surface area contributed by atoms with Gasteiger partial charge in [0.15, 0.2) is 0 Å². The lowest BCUT2D eigenvalue weighted by Crippen LogP contribution is -1.89. The first-order valence-corrected chi connectivity index (χ1v) is 2.45. The summed E-state index contributed by atoms with van der Waals surface area (Å²) in [6.07, 6.45) is 2.33. The van der Waals surface area contributed by atoms with Gasteiger partial charge in [-0.15, -0.1) is 0 Å². The second-order valence-corrected chi connectivity index (χ2v) is 1.51. The molecule has 0 spiro atoms. The summed E-state index contributed by atoms with van der Waals surface area (Å²) in [5.74, 6) is -0.451. The number of pyridine rings is 1. The largest absolute Gasteiger partial charge is 0.306 e. The molecule has 1 aromatic heterocycles. The van der Waals surface area contributed by atoms with E-state index in [4.69, 9.17) is 5.41 Å².